The Morgan fingerprint density at radius 2 is 1.64 bits per heavy atom. The highest BCUT2D eigenvalue weighted by atomic mass is 32.2. The summed E-state index contributed by atoms with van der Waals surface area (Å²) in [5.41, 5.74) is 1.64. The second-order valence-electron chi connectivity index (χ2n) is 6.63. The number of piperazine rings is 1. The number of carbonyl (C=O) groups is 1. The van der Waals surface area contributed by atoms with Crippen molar-refractivity contribution in [3.05, 3.63) is 54.6 Å². The molecule has 7 heteroatoms. The van der Waals surface area contributed by atoms with Gasteiger partial charge in [-0.3, -0.25) is 9.69 Å². The van der Waals surface area contributed by atoms with E-state index in [9.17, 15) is 13.2 Å². The fourth-order valence-corrected chi connectivity index (χ4v) is 4.29. The molecule has 0 atom stereocenters. The van der Waals surface area contributed by atoms with E-state index in [4.69, 9.17) is 6.42 Å². The number of rotatable bonds is 6. The Bertz CT molecular complexity index is 943. The lowest BCUT2D eigenvalue weighted by Gasteiger charge is -2.35. The highest BCUT2D eigenvalue weighted by Gasteiger charge is 2.19. The quantitative estimate of drug-likeness (QED) is 0.754. The molecule has 1 aliphatic heterocycles. The Morgan fingerprint density at radius 1 is 1.00 bits per heavy atom. The van der Waals surface area contributed by atoms with Crippen LogP contribution in [0.5, 0.6) is 0 Å². The molecule has 0 radical (unpaired) electrons. The maximum Gasteiger partial charge on any atom is 0.239 e. The minimum atomic E-state index is -3.65. The molecular formula is C21H23N3O3S. The molecule has 1 N–H and O–H groups in total. The fourth-order valence-electron chi connectivity index (χ4n) is 3.13. The van der Waals surface area contributed by atoms with Gasteiger partial charge in [0.15, 0.2) is 9.84 Å². The molecule has 3 rings (SSSR count). The van der Waals surface area contributed by atoms with E-state index in [1.165, 1.54) is 12.1 Å². The van der Waals surface area contributed by atoms with Crippen LogP contribution in [0.25, 0.3) is 0 Å². The molecule has 1 amide bonds. The Kier molecular flexibility index (Phi) is 6.34. The summed E-state index contributed by atoms with van der Waals surface area (Å²) >= 11 is 0. The van der Waals surface area contributed by atoms with Gasteiger partial charge in [-0.15, -0.1) is 6.42 Å². The van der Waals surface area contributed by atoms with Crippen molar-refractivity contribution >= 4 is 27.1 Å². The predicted octanol–water partition coefficient (Wildman–Crippen LogP) is 1.85. The maximum absolute atomic E-state index is 12.3. The van der Waals surface area contributed by atoms with Gasteiger partial charge in [0.1, 0.15) is 5.75 Å². The minimum absolute atomic E-state index is 0.143. The van der Waals surface area contributed by atoms with E-state index in [1.807, 2.05) is 12.1 Å². The Hall–Kier alpha value is -2.82. The number of nitrogens with one attached hydrogen (secondary N) is 1. The van der Waals surface area contributed by atoms with Crippen molar-refractivity contribution in [3.63, 3.8) is 0 Å². The summed E-state index contributed by atoms with van der Waals surface area (Å²) in [6, 6.07) is 15.4. The molecular weight excluding hydrogens is 374 g/mol. The predicted molar refractivity (Wildman–Crippen MR) is 111 cm³/mol. The number of hydrogen-bond donors (Lipinski definition) is 1. The summed E-state index contributed by atoms with van der Waals surface area (Å²) < 4.78 is 24.6. The van der Waals surface area contributed by atoms with Gasteiger partial charge in [0, 0.05) is 37.6 Å². The standard InChI is InChI=1S/C21H23N3O3S/c1-2-12-23-13-15-24(16-14-23)19-10-8-18(9-11-19)22-21(25)17-28(26,27)20-6-4-3-5-7-20/h1,3-11H,12-17H2,(H,22,25). The van der Waals surface area contributed by atoms with Crippen LogP contribution in [0.4, 0.5) is 11.4 Å². The van der Waals surface area contributed by atoms with Gasteiger partial charge in [-0.25, -0.2) is 8.42 Å². The number of hydrogen-bond acceptors (Lipinski definition) is 5. The monoisotopic (exact) mass is 397 g/mol. The van der Waals surface area contributed by atoms with Crippen LogP contribution in [0.15, 0.2) is 59.5 Å². The second-order valence-corrected chi connectivity index (χ2v) is 8.62. The SMILES string of the molecule is C#CCN1CCN(c2ccc(NC(=O)CS(=O)(=O)c3ccccc3)cc2)CC1. The lowest BCUT2D eigenvalue weighted by molar-refractivity contribution is -0.113. The molecule has 28 heavy (non-hydrogen) atoms. The van der Waals surface area contributed by atoms with E-state index < -0.39 is 21.5 Å². The van der Waals surface area contributed by atoms with Crippen LogP contribution in [0.2, 0.25) is 0 Å². The molecule has 1 aliphatic rings. The summed E-state index contributed by atoms with van der Waals surface area (Å²) in [5.74, 6) is 1.53. The smallest absolute Gasteiger partial charge is 0.239 e. The number of anilines is 2. The summed E-state index contributed by atoms with van der Waals surface area (Å²) in [5, 5.41) is 2.65. The van der Waals surface area contributed by atoms with Crippen LogP contribution in [0.3, 0.4) is 0 Å². The molecule has 0 bridgehead atoms. The first-order valence-electron chi connectivity index (χ1n) is 9.06. The lowest BCUT2D eigenvalue weighted by Crippen LogP contribution is -2.46. The van der Waals surface area contributed by atoms with Gasteiger partial charge in [0.25, 0.3) is 0 Å². The molecule has 0 aliphatic carbocycles. The largest absolute Gasteiger partial charge is 0.369 e. The molecule has 0 saturated carbocycles. The van der Waals surface area contributed by atoms with Crippen molar-refractivity contribution in [1.29, 1.82) is 0 Å². The average Bonchev–Trinajstić information content (AvgIpc) is 2.70. The first kappa shape index (κ1) is 19.9. The molecule has 6 nitrogen and oxygen atoms in total. The molecule has 1 saturated heterocycles. The topological polar surface area (TPSA) is 69.7 Å². The van der Waals surface area contributed by atoms with Crippen molar-refractivity contribution < 1.29 is 13.2 Å². The summed E-state index contributed by atoms with van der Waals surface area (Å²) in [4.78, 5) is 16.8. The summed E-state index contributed by atoms with van der Waals surface area (Å²) in [6.07, 6.45) is 5.36. The number of amides is 1. The van der Waals surface area contributed by atoms with Gasteiger partial charge in [-0.2, -0.15) is 0 Å². The van der Waals surface area contributed by atoms with Crippen molar-refractivity contribution in [2.45, 2.75) is 4.90 Å². The lowest BCUT2D eigenvalue weighted by atomic mass is 10.2. The van der Waals surface area contributed by atoms with E-state index >= 15 is 0 Å². The third kappa shape index (κ3) is 5.12. The van der Waals surface area contributed by atoms with E-state index in [2.05, 4.69) is 21.0 Å². The van der Waals surface area contributed by atoms with E-state index in [0.29, 0.717) is 12.2 Å². The van der Waals surface area contributed by atoms with Crippen LogP contribution in [-0.4, -0.2) is 57.7 Å². The zero-order valence-corrected chi connectivity index (χ0v) is 16.4. The highest BCUT2D eigenvalue weighted by Crippen LogP contribution is 2.20. The maximum atomic E-state index is 12.3. The first-order chi connectivity index (χ1) is 13.5. The van der Waals surface area contributed by atoms with E-state index in [1.54, 1.807) is 30.3 Å². The van der Waals surface area contributed by atoms with Gasteiger partial charge >= 0.3 is 0 Å². The minimum Gasteiger partial charge on any atom is -0.369 e. The van der Waals surface area contributed by atoms with Crippen molar-refractivity contribution in [1.82, 2.24) is 4.90 Å². The number of sulfone groups is 1. The molecule has 1 heterocycles. The molecule has 0 unspecified atom stereocenters. The van der Waals surface area contributed by atoms with Crippen LogP contribution >= 0.6 is 0 Å². The highest BCUT2D eigenvalue weighted by molar-refractivity contribution is 7.92. The Morgan fingerprint density at radius 3 is 2.25 bits per heavy atom. The Balaban J connectivity index is 1.56. The molecule has 0 aromatic heterocycles. The van der Waals surface area contributed by atoms with Gasteiger partial charge < -0.3 is 10.2 Å². The van der Waals surface area contributed by atoms with Gasteiger partial charge in [-0.1, -0.05) is 24.1 Å². The van der Waals surface area contributed by atoms with Crippen molar-refractivity contribution in [2.24, 2.45) is 0 Å². The van der Waals surface area contributed by atoms with Crippen LogP contribution in [-0.2, 0) is 14.6 Å². The van der Waals surface area contributed by atoms with Crippen LogP contribution in [0, 0.1) is 12.3 Å². The molecule has 2 aromatic carbocycles. The molecule has 1 fully saturated rings. The molecule has 146 valence electrons. The van der Waals surface area contributed by atoms with Gasteiger partial charge in [0.2, 0.25) is 5.91 Å². The molecule has 2 aromatic rings. The third-order valence-corrected chi connectivity index (χ3v) is 6.26. The van der Waals surface area contributed by atoms with Crippen molar-refractivity contribution in [3.8, 4) is 12.3 Å². The van der Waals surface area contributed by atoms with Gasteiger partial charge in [0.05, 0.1) is 11.4 Å². The second kappa shape index (κ2) is 8.91. The normalized spacial score (nSPS) is 15.0. The fraction of sp³-hybridized carbons (Fsp3) is 0.286. The van der Waals surface area contributed by atoms with Gasteiger partial charge in [-0.05, 0) is 36.4 Å². The number of terminal acetylenes is 1. The zero-order valence-electron chi connectivity index (χ0n) is 15.5. The Labute approximate surface area is 166 Å². The molecule has 0 spiro atoms. The van der Waals surface area contributed by atoms with Crippen molar-refractivity contribution in [2.75, 3.05) is 48.7 Å². The van der Waals surface area contributed by atoms with E-state index in [0.717, 1.165) is 31.9 Å². The average molecular weight is 398 g/mol. The summed E-state index contributed by atoms with van der Waals surface area (Å²) in [6.45, 7) is 4.29. The number of nitrogens with zero attached hydrogens (tertiary/aromatic N) is 2. The zero-order chi connectivity index (χ0) is 20.0. The van der Waals surface area contributed by atoms with Crippen LogP contribution in [0.1, 0.15) is 0 Å². The first-order valence-corrected chi connectivity index (χ1v) is 10.7. The number of benzene rings is 2. The van der Waals surface area contributed by atoms with E-state index in [-0.39, 0.29) is 4.90 Å². The van der Waals surface area contributed by atoms with Crippen LogP contribution < -0.4 is 10.2 Å². The summed E-state index contributed by atoms with van der Waals surface area (Å²) in [7, 11) is -3.65. The number of carbonyl (C=O) groups excluding carboxylic acids is 1. The third-order valence-electron chi connectivity index (χ3n) is 4.63.